The van der Waals surface area contributed by atoms with Crippen LogP contribution in [0.15, 0.2) is 17.7 Å². The molecule has 2 fully saturated rings. The molecule has 1 N–H and O–H groups in total. The van der Waals surface area contributed by atoms with Crippen molar-refractivity contribution in [1.29, 1.82) is 0 Å². The van der Waals surface area contributed by atoms with Gasteiger partial charge in [-0.3, -0.25) is 19.8 Å². The van der Waals surface area contributed by atoms with Crippen LogP contribution in [0.25, 0.3) is 6.08 Å². The van der Waals surface area contributed by atoms with E-state index in [1.54, 1.807) is 12.1 Å². The molecule has 0 atom stereocenters. The van der Waals surface area contributed by atoms with E-state index in [1.165, 1.54) is 18.1 Å². The highest BCUT2D eigenvalue weighted by Crippen LogP contribution is 2.35. The third-order valence-electron chi connectivity index (χ3n) is 4.69. The van der Waals surface area contributed by atoms with E-state index < -0.39 is 17.8 Å². The summed E-state index contributed by atoms with van der Waals surface area (Å²) in [5, 5.41) is 2.27. The number of rotatable bonds is 5. The molecule has 1 aliphatic carbocycles. The van der Waals surface area contributed by atoms with E-state index >= 15 is 0 Å². The van der Waals surface area contributed by atoms with Crippen LogP contribution in [0, 0.1) is 15.9 Å². The third-order valence-corrected chi connectivity index (χ3v) is 5.49. The Kier molecular flexibility index (Phi) is 6.24. The lowest BCUT2D eigenvalue weighted by Gasteiger charge is -2.31. The maximum absolute atomic E-state index is 12.9. The number of imide groups is 2. The Morgan fingerprint density at radius 3 is 2.68 bits per heavy atom. The van der Waals surface area contributed by atoms with Crippen molar-refractivity contribution >= 4 is 46.5 Å². The number of benzene rings is 1. The molecule has 3 rings (SSSR count). The Labute approximate surface area is 176 Å². The van der Waals surface area contributed by atoms with Gasteiger partial charge in [-0.05, 0) is 59.2 Å². The van der Waals surface area contributed by atoms with E-state index in [1.807, 2.05) is 0 Å². The highest BCUT2D eigenvalue weighted by atomic mass is 127. The van der Waals surface area contributed by atoms with Gasteiger partial charge in [0.2, 0.25) is 0 Å². The average Bonchev–Trinajstić information content (AvgIpc) is 3.18. The van der Waals surface area contributed by atoms with Gasteiger partial charge in [-0.25, -0.2) is 4.79 Å². The molecule has 0 aromatic heterocycles. The van der Waals surface area contributed by atoms with Gasteiger partial charge >= 0.3 is 6.03 Å². The molecule has 28 heavy (non-hydrogen) atoms. The number of halogens is 1. The highest BCUT2D eigenvalue weighted by molar-refractivity contribution is 14.1. The second-order valence-corrected chi connectivity index (χ2v) is 7.62. The molecule has 8 heteroatoms. The normalized spacial score (nSPS) is 19.0. The number of carbonyl (C=O) groups is 3. The molecule has 146 valence electrons. The number of methoxy groups -OCH3 is 1. The lowest BCUT2D eigenvalue weighted by molar-refractivity contribution is -0.131. The van der Waals surface area contributed by atoms with Gasteiger partial charge < -0.3 is 9.47 Å². The second kappa shape index (κ2) is 8.65. The minimum absolute atomic E-state index is 0.0818. The van der Waals surface area contributed by atoms with Gasteiger partial charge in [-0.1, -0.05) is 18.8 Å². The van der Waals surface area contributed by atoms with Crippen LogP contribution in [0.1, 0.15) is 31.2 Å². The summed E-state index contributed by atoms with van der Waals surface area (Å²) in [7, 11) is 1.49. The van der Waals surface area contributed by atoms with Crippen LogP contribution in [-0.2, 0) is 9.59 Å². The van der Waals surface area contributed by atoms with Crippen LogP contribution < -0.4 is 14.8 Å². The fourth-order valence-corrected chi connectivity index (χ4v) is 4.19. The molecule has 2 aliphatic rings. The topological polar surface area (TPSA) is 84.9 Å². The fourth-order valence-electron chi connectivity index (χ4n) is 3.41. The van der Waals surface area contributed by atoms with Crippen molar-refractivity contribution < 1.29 is 23.9 Å². The number of terminal acetylenes is 1. The second-order valence-electron chi connectivity index (χ2n) is 6.46. The smallest absolute Gasteiger partial charge is 0.331 e. The van der Waals surface area contributed by atoms with Crippen LogP contribution in [0.5, 0.6) is 11.5 Å². The van der Waals surface area contributed by atoms with Crippen molar-refractivity contribution in [3.63, 3.8) is 0 Å². The van der Waals surface area contributed by atoms with Crippen molar-refractivity contribution in [2.75, 3.05) is 13.7 Å². The maximum atomic E-state index is 12.9. The van der Waals surface area contributed by atoms with Gasteiger partial charge in [-0.15, -0.1) is 6.42 Å². The first-order valence-electron chi connectivity index (χ1n) is 8.80. The summed E-state index contributed by atoms with van der Waals surface area (Å²) in [5.41, 5.74) is 0.496. The number of hydrogen-bond donors (Lipinski definition) is 1. The van der Waals surface area contributed by atoms with Gasteiger partial charge in [0.05, 0.1) is 10.7 Å². The summed E-state index contributed by atoms with van der Waals surface area (Å²) in [4.78, 5) is 38.5. The van der Waals surface area contributed by atoms with Crippen LogP contribution in [0.4, 0.5) is 4.79 Å². The molecule has 0 unspecified atom stereocenters. The number of barbiturate groups is 1. The Hall–Kier alpha value is -2.54. The summed E-state index contributed by atoms with van der Waals surface area (Å²) in [6.45, 7) is 0.0894. The van der Waals surface area contributed by atoms with E-state index in [2.05, 4.69) is 33.8 Å². The summed E-state index contributed by atoms with van der Waals surface area (Å²) in [5.74, 6) is 2.05. The van der Waals surface area contributed by atoms with E-state index in [0.29, 0.717) is 20.6 Å². The zero-order valence-corrected chi connectivity index (χ0v) is 17.4. The van der Waals surface area contributed by atoms with Gasteiger partial charge in [0.1, 0.15) is 12.2 Å². The van der Waals surface area contributed by atoms with Crippen molar-refractivity contribution in [3.05, 3.63) is 26.8 Å². The molecule has 1 aromatic rings. The summed E-state index contributed by atoms with van der Waals surface area (Å²) >= 11 is 2.06. The summed E-state index contributed by atoms with van der Waals surface area (Å²) in [6, 6.07) is 2.58. The Morgan fingerprint density at radius 1 is 1.32 bits per heavy atom. The van der Waals surface area contributed by atoms with Crippen molar-refractivity contribution in [2.24, 2.45) is 0 Å². The number of carbonyl (C=O) groups excluding carboxylic acids is 3. The third kappa shape index (κ3) is 3.99. The number of hydrogen-bond acceptors (Lipinski definition) is 5. The molecule has 1 saturated carbocycles. The van der Waals surface area contributed by atoms with E-state index in [9.17, 15) is 14.4 Å². The number of urea groups is 1. The molecule has 1 aromatic carbocycles. The van der Waals surface area contributed by atoms with E-state index in [-0.39, 0.29) is 18.2 Å². The molecule has 0 spiro atoms. The lowest BCUT2D eigenvalue weighted by Crippen LogP contribution is -2.57. The van der Waals surface area contributed by atoms with Gasteiger partial charge in [0, 0.05) is 6.04 Å². The first kappa shape index (κ1) is 20.2. The summed E-state index contributed by atoms with van der Waals surface area (Å²) < 4.78 is 11.6. The van der Waals surface area contributed by atoms with Crippen molar-refractivity contribution in [2.45, 2.75) is 31.7 Å². The number of nitrogens with one attached hydrogen (secondary N) is 1. The Balaban J connectivity index is 1.96. The fraction of sp³-hybridized carbons (Fsp3) is 0.350. The maximum Gasteiger partial charge on any atom is 0.331 e. The zero-order valence-electron chi connectivity index (χ0n) is 15.3. The number of amides is 4. The number of ether oxygens (including phenoxy) is 2. The lowest BCUT2D eigenvalue weighted by atomic mass is 10.0. The molecule has 7 nitrogen and oxygen atoms in total. The van der Waals surface area contributed by atoms with Crippen molar-refractivity contribution in [1.82, 2.24) is 10.2 Å². The average molecular weight is 494 g/mol. The van der Waals surface area contributed by atoms with E-state index in [0.717, 1.165) is 25.7 Å². The zero-order chi connectivity index (χ0) is 20.3. The first-order valence-corrected chi connectivity index (χ1v) is 9.88. The van der Waals surface area contributed by atoms with Gasteiger partial charge in [-0.2, -0.15) is 0 Å². The number of nitrogens with zero attached hydrogens (tertiary/aromatic N) is 1. The first-order chi connectivity index (χ1) is 13.5. The molecule has 1 aliphatic heterocycles. The quantitative estimate of drug-likeness (QED) is 0.295. The van der Waals surface area contributed by atoms with Crippen LogP contribution in [0.2, 0.25) is 0 Å². The van der Waals surface area contributed by atoms with Crippen LogP contribution >= 0.6 is 22.6 Å². The molecule has 1 heterocycles. The monoisotopic (exact) mass is 494 g/mol. The van der Waals surface area contributed by atoms with Gasteiger partial charge in [0.25, 0.3) is 11.8 Å². The minimum Gasteiger partial charge on any atom is -0.493 e. The Bertz CT molecular complexity index is 897. The van der Waals surface area contributed by atoms with Gasteiger partial charge in [0.15, 0.2) is 11.5 Å². The minimum atomic E-state index is -0.703. The SMILES string of the molecule is C#CCOc1c(I)cc(/C=C2\C(=O)NC(=O)N(C3CCCC3)C2=O)cc1OC. The highest BCUT2D eigenvalue weighted by Gasteiger charge is 2.40. The molecular formula is C20H19IN2O5. The van der Waals surface area contributed by atoms with Crippen LogP contribution in [0.3, 0.4) is 0 Å². The molecule has 1 saturated heterocycles. The Morgan fingerprint density at radius 2 is 2.04 bits per heavy atom. The molecular weight excluding hydrogens is 475 g/mol. The molecule has 0 bridgehead atoms. The predicted molar refractivity (Wildman–Crippen MR) is 111 cm³/mol. The standard InChI is InChI=1S/C20H19IN2O5/c1-3-8-28-17-15(21)10-12(11-16(17)27-2)9-14-18(24)22-20(26)23(19(14)25)13-6-4-5-7-13/h1,9-11,13H,4-8H2,2H3,(H,22,24,26)/b14-9+. The largest absolute Gasteiger partial charge is 0.493 e. The molecule has 0 radical (unpaired) electrons. The molecule has 4 amide bonds. The van der Waals surface area contributed by atoms with E-state index in [4.69, 9.17) is 15.9 Å². The van der Waals surface area contributed by atoms with Crippen LogP contribution in [-0.4, -0.2) is 42.5 Å². The predicted octanol–water partition coefficient (Wildman–Crippen LogP) is 2.72. The summed E-state index contributed by atoms with van der Waals surface area (Å²) in [6.07, 6.45) is 10.1. The van der Waals surface area contributed by atoms with Crippen molar-refractivity contribution in [3.8, 4) is 23.8 Å².